The zero-order valence-corrected chi connectivity index (χ0v) is 26.9. The van der Waals surface area contributed by atoms with E-state index in [-0.39, 0.29) is 40.5 Å². The predicted octanol–water partition coefficient (Wildman–Crippen LogP) is 5.46. The zero-order chi connectivity index (χ0) is 33.2. The molecule has 0 radical (unpaired) electrons. The normalized spacial score (nSPS) is 18.3. The lowest BCUT2D eigenvalue weighted by molar-refractivity contribution is -0.120. The molecule has 0 aliphatic carbocycles. The molecular weight excluding hydrogens is 592 g/mol. The van der Waals surface area contributed by atoms with Gasteiger partial charge in [0.05, 0.1) is 28.3 Å². The molecule has 1 saturated heterocycles. The summed E-state index contributed by atoms with van der Waals surface area (Å²) in [7, 11) is 1.55. The van der Waals surface area contributed by atoms with E-state index < -0.39 is 40.2 Å². The minimum atomic E-state index is -0.894. The number of phenolic OH excluding ortho intramolecular Hbond substituents is 1. The van der Waals surface area contributed by atoms with Gasteiger partial charge in [0.25, 0.3) is 11.5 Å². The number of halogens is 2. The van der Waals surface area contributed by atoms with E-state index in [1.54, 1.807) is 7.05 Å². The van der Waals surface area contributed by atoms with E-state index in [0.717, 1.165) is 6.07 Å². The Morgan fingerprint density at radius 2 is 1.65 bits per heavy atom. The molecule has 46 heavy (non-hydrogen) atoms. The molecule has 12 heteroatoms. The molecule has 1 fully saturated rings. The van der Waals surface area contributed by atoms with Gasteiger partial charge >= 0.3 is 0 Å². The standard InChI is InChI=1S/C34H37F2N7O3/c1-8-12-41-15-23-33(45)40(7)31-29(42(23)14-19(41)6)20-13-22(36)28(25-21(35)10-9-11-24(25)44)39-32(20)43(34(31)46)30-26(17(2)3)37-16-38-27(30)18(4)5/h8-13,16-19,23,44H,14-15H2,1-7H3/t19-,23-/m1/s1. The molecule has 1 N–H and O–H groups in total. The van der Waals surface area contributed by atoms with E-state index in [0.29, 0.717) is 35.9 Å². The minimum Gasteiger partial charge on any atom is -0.507 e. The molecule has 4 aromatic rings. The first-order valence-electron chi connectivity index (χ1n) is 15.4. The Bertz CT molecular complexity index is 1930. The number of likely N-dealkylation sites (N-methyl/N-ethyl adjacent to an activating group) is 1. The van der Waals surface area contributed by atoms with Gasteiger partial charge in [0.15, 0.2) is 11.5 Å². The van der Waals surface area contributed by atoms with Crippen LogP contribution in [0.15, 0.2) is 47.7 Å². The van der Waals surface area contributed by atoms with Crippen molar-refractivity contribution in [2.24, 2.45) is 0 Å². The maximum Gasteiger partial charge on any atom is 0.283 e. The van der Waals surface area contributed by atoms with Crippen LogP contribution in [-0.2, 0) is 4.79 Å². The molecule has 240 valence electrons. The molecule has 3 aromatic heterocycles. The molecule has 0 unspecified atom stereocenters. The fourth-order valence-corrected chi connectivity index (χ4v) is 6.65. The number of anilines is 2. The second-order valence-corrected chi connectivity index (χ2v) is 12.6. The number of pyridine rings is 2. The molecule has 2 aliphatic heterocycles. The summed E-state index contributed by atoms with van der Waals surface area (Å²) in [6, 6.07) is 4.19. The molecule has 2 atom stereocenters. The first kappa shape index (κ1) is 31.1. The summed E-state index contributed by atoms with van der Waals surface area (Å²) in [6.07, 6.45) is 5.29. The molecule has 1 aromatic carbocycles. The molecule has 2 aliphatic rings. The maximum absolute atomic E-state index is 16.3. The van der Waals surface area contributed by atoms with Crippen molar-refractivity contribution in [3.8, 4) is 22.7 Å². The number of rotatable bonds is 5. The highest BCUT2D eigenvalue weighted by atomic mass is 19.1. The lowest BCUT2D eigenvalue weighted by Crippen LogP contribution is -2.64. The summed E-state index contributed by atoms with van der Waals surface area (Å²) < 4.78 is 32.8. The molecule has 10 nitrogen and oxygen atoms in total. The predicted molar refractivity (Wildman–Crippen MR) is 174 cm³/mol. The number of amides is 1. The summed E-state index contributed by atoms with van der Waals surface area (Å²) >= 11 is 0. The molecule has 5 heterocycles. The van der Waals surface area contributed by atoms with Crippen molar-refractivity contribution in [2.45, 2.75) is 65.5 Å². The highest BCUT2D eigenvalue weighted by molar-refractivity contribution is 6.11. The number of aromatic hydroxyl groups is 1. The number of fused-ring (bicyclic) bond motifs is 5. The summed E-state index contributed by atoms with van der Waals surface area (Å²) in [4.78, 5) is 47.9. The van der Waals surface area contributed by atoms with Crippen LogP contribution in [0.3, 0.4) is 0 Å². The molecule has 6 rings (SSSR count). The second kappa shape index (κ2) is 11.5. The summed E-state index contributed by atoms with van der Waals surface area (Å²) in [5.41, 5.74) is 0.537. The number of nitrogens with zero attached hydrogens (tertiary/aromatic N) is 7. The van der Waals surface area contributed by atoms with Gasteiger partial charge in [0.2, 0.25) is 0 Å². The number of hydrogen-bond donors (Lipinski definition) is 1. The fraction of sp³-hybridized carbons (Fsp3) is 0.382. The van der Waals surface area contributed by atoms with Gasteiger partial charge < -0.3 is 19.8 Å². The number of carbonyl (C=O) groups is 1. The monoisotopic (exact) mass is 629 g/mol. The van der Waals surface area contributed by atoms with Crippen LogP contribution in [0.2, 0.25) is 0 Å². The highest BCUT2D eigenvalue weighted by Gasteiger charge is 2.45. The number of benzene rings is 1. The molecule has 0 bridgehead atoms. The van der Waals surface area contributed by atoms with E-state index in [1.165, 1.54) is 34.0 Å². The lowest BCUT2D eigenvalue weighted by Gasteiger charge is -2.50. The maximum atomic E-state index is 16.3. The molecule has 0 saturated carbocycles. The quantitative estimate of drug-likeness (QED) is 0.310. The average molecular weight is 630 g/mol. The van der Waals surface area contributed by atoms with Gasteiger partial charge in [0, 0.05) is 31.6 Å². The van der Waals surface area contributed by atoms with E-state index >= 15 is 8.78 Å². The first-order valence-corrected chi connectivity index (χ1v) is 15.4. The van der Waals surface area contributed by atoms with Crippen molar-refractivity contribution < 1.29 is 18.7 Å². The number of piperazine rings is 1. The van der Waals surface area contributed by atoms with Gasteiger partial charge in [-0.05, 0) is 50.1 Å². The number of allylic oxidation sites excluding steroid dienone is 1. The number of phenols is 1. The van der Waals surface area contributed by atoms with Crippen molar-refractivity contribution in [3.05, 3.63) is 76.2 Å². The Balaban J connectivity index is 1.79. The number of aromatic nitrogens is 4. The second-order valence-electron chi connectivity index (χ2n) is 12.6. The molecule has 1 amide bonds. The van der Waals surface area contributed by atoms with E-state index in [1.807, 2.05) is 58.7 Å². The van der Waals surface area contributed by atoms with Crippen LogP contribution in [0.25, 0.3) is 28.0 Å². The number of hydrogen-bond acceptors (Lipinski definition) is 8. The molecule has 0 spiro atoms. The average Bonchev–Trinajstić information content (AvgIpc) is 3.00. The van der Waals surface area contributed by atoms with Gasteiger partial charge in [-0.25, -0.2) is 23.7 Å². The topological polar surface area (TPSA) is 108 Å². The summed E-state index contributed by atoms with van der Waals surface area (Å²) in [5.74, 6) is -2.84. The van der Waals surface area contributed by atoms with Crippen molar-refractivity contribution in [2.75, 3.05) is 29.9 Å². The third-order valence-electron chi connectivity index (χ3n) is 8.84. The summed E-state index contributed by atoms with van der Waals surface area (Å²) in [5, 5.41) is 10.9. The van der Waals surface area contributed by atoms with Gasteiger partial charge in [-0.3, -0.25) is 14.2 Å². The van der Waals surface area contributed by atoms with Crippen molar-refractivity contribution >= 4 is 28.3 Å². The third-order valence-corrected chi connectivity index (χ3v) is 8.84. The Morgan fingerprint density at radius 3 is 2.26 bits per heavy atom. The van der Waals surface area contributed by atoms with Crippen LogP contribution >= 0.6 is 0 Å². The smallest absolute Gasteiger partial charge is 0.283 e. The minimum absolute atomic E-state index is 0.0337. The third kappa shape index (κ3) is 4.69. The van der Waals surface area contributed by atoms with Crippen molar-refractivity contribution in [1.29, 1.82) is 0 Å². The largest absolute Gasteiger partial charge is 0.507 e. The Hall–Kier alpha value is -4.87. The fourth-order valence-electron chi connectivity index (χ4n) is 6.65. The number of carbonyl (C=O) groups excluding carboxylic acids is 1. The van der Waals surface area contributed by atoms with Crippen LogP contribution in [-0.4, -0.2) is 67.7 Å². The van der Waals surface area contributed by atoms with Crippen LogP contribution in [0.1, 0.15) is 64.8 Å². The van der Waals surface area contributed by atoms with Gasteiger partial charge in [-0.15, -0.1) is 0 Å². The van der Waals surface area contributed by atoms with Crippen LogP contribution in [0.4, 0.5) is 20.2 Å². The van der Waals surface area contributed by atoms with Crippen molar-refractivity contribution in [1.82, 2.24) is 24.4 Å². The van der Waals surface area contributed by atoms with Crippen LogP contribution in [0.5, 0.6) is 5.75 Å². The van der Waals surface area contributed by atoms with Gasteiger partial charge in [0.1, 0.15) is 35.3 Å². The van der Waals surface area contributed by atoms with Gasteiger partial charge in [-0.1, -0.05) is 39.8 Å². The first-order chi connectivity index (χ1) is 21.9. The SMILES string of the molecule is CC=CN1C[C@@H]2C(=O)N(C)c3c(c4cc(F)c(-c5c(O)cccc5F)nc4n(-c4c(C(C)C)ncnc4C(C)C)c3=O)N2C[C@H]1C. The zero-order valence-electron chi connectivity index (χ0n) is 26.9. The summed E-state index contributed by atoms with van der Waals surface area (Å²) in [6.45, 7) is 12.4. The highest BCUT2D eigenvalue weighted by Crippen LogP contribution is 2.44. The van der Waals surface area contributed by atoms with Gasteiger partial charge in [-0.2, -0.15) is 0 Å². The van der Waals surface area contributed by atoms with Crippen LogP contribution in [0, 0.1) is 11.6 Å². The molecular formula is C34H37F2N7O3. The Morgan fingerprint density at radius 1 is 0.978 bits per heavy atom. The van der Waals surface area contributed by atoms with E-state index in [9.17, 15) is 14.7 Å². The van der Waals surface area contributed by atoms with E-state index in [2.05, 4.69) is 19.9 Å². The van der Waals surface area contributed by atoms with Crippen molar-refractivity contribution in [3.63, 3.8) is 0 Å². The Labute approximate surface area is 265 Å². The van der Waals surface area contributed by atoms with E-state index in [4.69, 9.17) is 0 Å². The van der Waals surface area contributed by atoms with Crippen LogP contribution < -0.4 is 15.4 Å². The lowest BCUT2D eigenvalue weighted by atomic mass is 9.97. The Kier molecular flexibility index (Phi) is 7.77.